The zero-order valence-corrected chi connectivity index (χ0v) is 8.51. The molecule has 0 radical (unpaired) electrons. The molecule has 0 saturated heterocycles. The standard InChI is InChI=1S/C10H12ClNO/c1-3-7(2)10(13)8-4-5-9(11)12-6-8/h4-7H,3H2,1-2H3. The van der Waals surface area contributed by atoms with Gasteiger partial charge in [-0.3, -0.25) is 4.79 Å². The van der Waals surface area contributed by atoms with Gasteiger partial charge in [-0.25, -0.2) is 4.98 Å². The van der Waals surface area contributed by atoms with Crippen LogP contribution in [0.15, 0.2) is 18.3 Å². The lowest BCUT2D eigenvalue weighted by Gasteiger charge is -2.06. The number of carbonyl (C=O) groups excluding carboxylic acids is 1. The molecule has 0 aromatic carbocycles. The van der Waals surface area contributed by atoms with Crippen molar-refractivity contribution < 1.29 is 4.79 Å². The summed E-state index contributed by atoms with van der Waals surface area (Å²) in [4.78, 5) is 15.5. The molecule has 1 rings (SSSR count). The molecule has 0 aliphatic rings. The van der Waals surface area contributed by atoms with Crippen molar-refractivity contribution in [3.05, 3.63) is 29.0 Å². The first kappa shape index (κ1) is 10.2. The maximum Gasteiger partial charge on any atom is 0.167 e. The van der Waals surface area contributed by atoms with Gasteiger partial charge in [0, 0.05) is 17.7 Å². The fraction of sp³-hybridized carbons (Fsp3) is 0.400. The average Bonchev–Trinajstić information content (AvgIpc) is 2.17. The molecule has 1 atom stereocenters. The van der Waals surface area contributed by atoms with Gasteiger partial charge in [-0.05, 0) is 18.6 Å². The third kappa shape index (κ3) is 2.52. The first-order valence-electron chi connectivity index (χ1n) is 4.31. The van der Waals surface area contributed by atoms with E-state index in [1.807, 2.05) is 13.8 Å². The molecule has 0 saturated carbocycles. The van der Waals surface area contributed by atoms with Gasteiger partial charge in [-0.2, -0.15) is 0 Å². The third-order valence-corrected chi connectivity index (χ3v) is 2.30. The summed E-state index contributed by atoms with van der Waals surface area (Å²) in [6.45, 7) is 3.91. The topological polar surface area (TPSA) is 30.0 Å². The van der Waals surface area contributed by atoms with Crippen molar-refractivity contribution in [3.8, 4) is 0 Å². The van der Waals surface area contributed by atoms with Crippen LogP contribution >= 0.6 is 11.6 Å². The van der Waals surface area contributed by atoms with Crippen LogP contribution < -0.4 is 0 Å². The molecule has 3 heteroatoms. The molecule has 0 aliphatic carbocycles. The molecular weight excluding hydrogens is 186 g/mol. The summed E-state index contributed by atoms with van der Waals surface area (Å²) < 4.78 is 0. The minimum Gasteiger partial charge on any atom is -0.294 e. The highest BCUT2D eigenvalue weighted by Gasteiger charge is 2.12. The Labute approximate surface area is 82.9 Å². The van der Waals surface area contributed by atoms with E-state index in [2.05, 4.69) is 4.98 Å². The Hall–Kier alpha value is -0.890. The maximum atomic E-state index is 11.6. The van der Waals surface area contributed by atoms with E-state index in [1.165, 1.54) is 6.20 Å². The van der Waals surface area contributed by atoms with E-state index in [0.29, 0.717) is 10.7 Å². The second-order valence-corrected chi connectivity index (χ2v) is 3.43. The van der Waals surface area contributed by atoms with Gasteiger partial charge in [0.05, 0.1) is 0 Å². The average molecular weight is 198 g/mol. The summed E-state index contributed by atoms with van der Waals surface area (Å²) in [5, 5.41) is 0.417. The Morgan fingerprint density at radius 2 is 2.31 bits per heavy atom. The van der Waals surface area contributed by atoms with Crippen LogP contribution in [-0.2, 0) is 0 Å². The van der Waals surface area contributed by atoms with Crippen molar-refractivity contribution in [2.24, 2.45) is 5.92 Å². The van der Waals surface area contributed by atoms with Gasteiger partial charge in [0.2, 0.25) is 0 Å². The number of aromatic nitrogens is 1. The lowest BCUT2D eigenvalue weighted by atomic mass is 9.99. The molecule has 0 fully saturated rings. The summed E-state index contributed by atoms with van der Waals surface area (Å²) in [5.74, 6) is 0.189. The van der Waals surface area contributed by atoms with Crippen LogP contribution in [0.2, 0.25) is 5.15 Å². The Bertz CT molecular complexity index is 294. The molecule has 0 bridgehead atoms. The zero-order valence-electron chi connectivity index (χ0n) is 7.75. The lowest BCUT2D eigenvalue weighted by Crippen LogP contribution is -2.10. The van der Waals surface area contributed by atoms with Crippen molar-refractivity contribution in [1.29, 1.82) is 0 Å². The molecule has 0 N–H and O–H groups in total. The molecule has 1 heterocycles. The Balaban J connectivity index is 2.83. The Morgan fingerprint density at radius 1 is 1.62 bits per heavy atom. The van der Waals surface area contributed by atoms with E-state index in [1.54, 1.807) is 12.1 Å². The maximum absolute atomic E-state index is 11.6. The lowest BCUT2D eigenvalue weighted by molar-refractivity contribution is 0.0927. The number of hydrogen-bond acceptors (Lipinski definition) is 2. The number of Topliss-reactive ketones (excluding diaryl/α,β-unsaturated/α-hetero) is 1. The van der Waals surface area contributed by atoms with E-state index in [0.717, 1.165) is 6.42 Å². The smallest absolute Gasteiger partial charge is 0.167 e. The van der Waals surface area contributed by atoms with Crippen LogP contribution in [-0.4, -0.2) is 10.8 Å². The molecule has 2 nitrogen and oxygen atoms in total. The van der Waals surface area contributed by atoms with Crippen molar-refractivity contribution in [3.63, 3.8) is 0 Å². The van der Waals surface area contributed by atoms with E-state index in [-0.39, 0.29) is 11.7 Å². The van der Waals surface area contributed by atoms with Crippen molar-refractivity contribution in [1.82, 2.24) is 4.98 Å². The molecule has 1 aromatic heterocycles. The summed E-state index contributed by atoms with van der Waals surface area (Å²) in [6.07, 6.45) is 2.37. The van der Waals surface area contributed by atoms with Gasteiger partial charge < -0.3 is 0 Å². The van der Waals surface area contributed by atoms with Crippen LogP contribution in [0, 0.1) is 5.92 Å². The largest absolute Gasteiger partial charge is 0.294 e. The van der Waals surface area contributed by atoms with Gasteiger partial charge in [-0.1, -0.05) is 25.4 Å². The van der Waals surface area contributed by atoms with Crippen molar-refractivity contribution >= 4 is 17.4 Å². The molecule has 1 unspecified atom stereocenters. The fourth-order valence-corrected chi connectivity index (χ4v) is 1.10. The third-order valence-electron chi connectivity index (χ3n) is 2.07. The monoisotopic (exact) mass is 197 g/mol. The molecule has 0 aliphatic heterocycles. The van der Waals surface area contributed by atoms with Gasteiger partial charge in [0.1, 0.15) is 5.15 Å². The van der Waals surface area contributed by atoms with Crippen LogP contribution in [0.25, 0.3) is 0 Å². The first-order chi connectivity index (χ1) is 6.15. The summed E-state index contributed by atoms with van der Waals surface area (Å²) in [6, 6.07) is 3.35. The Kier molecular flexibility index (Phi) is 3.43. The van der Waals surface area contributed by atoms with Gasteiger partial charge in [0.25, 0.3) is 0 Å². The number of ketones is 1. The van der Waals surface area contributed by atoms with E-state index in [9.17, 15) is 4.79 Å². The van der Waals surface area contributed by atoms with Crippen LogP contribution in [0.5, 0.6) is 0 Å². The van der Waals surface area contributed by atoms with E-state index < -0.39 is 0 Å². The molecule has 0 amide bonds. The van der Waals surface area contributed by atoms with E-state index >= 15 is 0 Å². The van der Waals surface area contributed by atoms with Gasteiger partial charge in [0.15, 0.2) is 5.78 Å². The summed E-state index contributed by atoms with van der Waals surface area (Å²) >= 11 is 5.61. The predicted octanol–water partition coefficient (Wildman–Crippen LogP) is 2.96. The van der Waals surface area contributed by atoms with Crippen LogP contribution in [0.4, 0.5) is 0 Å². The second kappa shape index (κ2) is 4.38. The van der Waals surface area contributed by atoms with Crippen LogP contribution in [0.1, 0.15) is 30.6 Å². The SMILES string of the molecule is CCC(C)C(=O)c1ccc(Cl)nc1. The number of pyridine rings is 1. The first-order valence-corrected chi connectivity index (χ1v) is 4.68. The van der Waals surface area contributed by atoms with Gasteiger partial charge in [-0.15, -0.1) is 0 Å². The number of carbonyl (C=O) groups is 1. The highest BCUT2D eigenvalue weighted by atomic mass is 35.5. The second-order valence-electron chi connectivity index (χ2n) is 3.04. The molecular formula is C10H12ClNO. The van der Waals surface area contributed by atoms with Crippen molar-refractivity contribution in [2.45, 2.75) is 20.3 Å². The number of nitrogens with zero attached hydrogens (tertiary/aromatic N) is 1. The number of halogens is 1. The van der Waals surface area contributed by atoms with Crippen molar-refractivity contribution in [2.75, 3.05) is 0 Å². The van der Waals surface area contributed by atoms with Gasteiger partial charge >= 0.3 is 0 Å². The summed E-state index contributed by atoms with van der Waals surface area (Å²) in [7, 11) is 0. The minimum atomic E-state index is 0.0583. The fourth-order valence-electron chi connectivity index (χ4n) is 0.991. The molecule has 70 valence electrons. The quantitative estimate of drug-likeness (QED) is 0.551. The summed E-state index contributed by atoms with van der Waals surface area (Å²) in [5.41, 5.74) is 0.638. The minimum absolute atomic E-state index is 0.0583. The van der Waals surface area contributed by atoms with E-state index in [4.69, 9.17) is 11.6 Å². The molecule has 1 aromatic rings. The predicted molar refractivity (Wildman–Crippen MR) is 53.0 cm³/mol. The Morgan fingerprint density at radius 3 is 2.77 bits per heavy atom. The zero-order chi connectivity index (χ0) is 9.84. The highest BCUT2D eigenvalue weighted by Crippen LogP contribution is 2.12. The van der Waals surface area contributed by atoms with Crippen LogP contribution in [0.3, 0.4) is 0 Å². The number of hydrogen-bond donors (Lipinski definition) is 0. The normalized spacial score (nSPS) is 12.5. The molecule has 13 heavy (non-hydrogen) atoms. The number of rotatable bonds is 3. The molecule has 0 spiro atoms. The highest BCUT2D eigenvalue weighted by molar-refractivity contribution is 6.29.